The predicted molar refractivity (Wildman–Crippen MR) is 56.0 cm³/mol. The molecular weight excluding hydrogens is 178 g/mol. The van der Waals surface area contributed by atoms with Crippen LogP contribution < -0.4 is 0 Å². The summed E-state index contributed by atoms with van der Waals surface area (Å²) in [6, 6.07) is 0.0908. The number of likely N-dealkylation sites (tertiary alicyclic amines) is 1. The fourth-order valence-corrected chi connectivity index (χ4v) is 1.99. The van der Waals surface area contributed by atoms with Gasteiger partial charge in [-0.15, -0.1) is 0 Å². The molecule has 0 aromatic rings. The Bertz CT molecular complexity index is 182. The highest BCUT2D eigenvalue weighted by Gasteiger charge is 2.25. The average Bonchev–Trinajstić information content (AvgIpc) is 2.25. The van der Waals surface area contributed by atoms with E-state index >= 15 is 0 Å². The van der Waals surface area contributed by atoms with Crippen LogP contribution in [0.4, 0.5) is 0 Å². The smallest absolute Gasteiger partial charge is 0.222 e. The van der Waals surface area contributed by atoms with Gasteiger partial charge in [0.05, 0.1) is 12.6 Å². The molecule has 0 aromatic carbocycles. The lowest BCUT2D eigenvalue weighted by Crippen LogP contribution is -2.45. The quantitative estimate of drug-likeness (QED) is 0.746. The molecule has 1 atom stereocenters. The number of rotatable bonds is 4. The normalized spacial score (nSPS) is 22.4. The van der Waals surface area contributed by atoms with Crippen molar-refractivity contribution >= 4 is 5.91 Å². The van der Waals surface area contributed by atoms with E-state index in [0.717, 1.165) is 38.6 Å². The number of carbonyl (C=O) groups is 1. The number of hydrogen-bond donors (Lipinski definition) is 1. The van der Waals surface area contributed by atoms with Crippen LogP contribution in [0.5, 0.6) is 0 Å². The third kappa shape index (κ3) is 2.98. The topological polar surface area (TPSA) is 40.5 Å². The molecule has 1 fully saturated rings. The first kappa shape index (κ1) is 11.5. The molecule has 0 spiro atoms. The number of aliphatic hydroxyl groups is 1. The van der Waals surface area contributed by atoms with E-state index in [-0.39, 0.29) is 18.6 Å². The number of amides is 1. The Morgan fingerprint density at radius 2 is 2.29 bits per heavy atom. The molecule has 1 N–H and O–H groups in total. The molecule has 3 nitrogen and oxygen atoms in total. The van der Waals surface area contributed by atoms with Crippen LogP contribution in [0.15, 0.2) is 0 Å². The number of nitrogens with zero attached hydrogens (tertiary/aromatic N) is 1. The Labute approximate surface area is 86.1 Å². The van der Waals surface area contributed by atoms with Crippen molar-refractivity contribution < 1.29 is 9.90 Å². The molecule has 1 amide bonds. The van der Waals surface area contributed by atoms with Gasteiger partial charge in [0, 0.05) is 13.0 Å². The summed E-state index contributed by atoms with van der Waals surface area (Å²) in [6.45, 7) is 3.05. The molecule has 1 heterocycles. The molecule has 0 saturated carbocycles. The number of piperidine rings is 1. The molecule has 14 heavy (non-hydrogen) atoms. The lowest BCUT2D eigenvalue weighted by atomic mass is 10.0. The molecule has 1 aliphatic heterocycles. The Morgan fingerprint density at radius 1 is 1.50 bits per heavy atom. The maximum atomic E-state index is 11.7. The Hall–Kier alpha value is -0.570. The predicted octanol–water partition coefficient (Wildman–Crippen LogP) is 1.55. The zero-order chi connectivity index (χ0) is 10.4. The Kier molecular flexibility index (Phi) is 4.94. The molecule has 82 valence electrons. The first-order chi connectivity index (χ1) is 6.79. The van der Waals surface area contributed by atoms with Crippen LogP contribution in [-0.4, -0.2) is 35.1 Å². The van der Waals surface area contributed by atoms with E-state index in [1.165, 1.54) is 0 Å². The summed E-state index contributed by atoms with van der Waals surface area (Å²) in [7, 11) is 0. The maximum Gasteiger partial charge on any atom is 0.222 e. The SMILES string of the molecule is CCCCC(=O)N1CCCCC1CO. The molecule has 1 unspecified atom stereocenters. The monoisotopic (exact) mass is 199 g/mol. The van der Waals surface area contributed by atoms with Gasteiger partial charge < -0.3 is 10.0 Å². The summed E-state index contributed by atoms with van der Waals surface area (Å²) in [5.74, 6) is 0.227. The van der Waals surface area contributed by atoms with Gasteiger partial charge in [-0.05, 0) is 25.7 Å². The maximum absolute atomic E-state index is 11.7. The van der Waals surface area contributed by atoms with Crippen molar-refractivity contribution in [3.8, 4) is 0 Å². The van der Waals surface area contributed by atoms with Gasteiger partial charge in [-0.25, -0.2) is 0 Å². The lowest BCUT2D eigenvalue weighted by molar-refractivity contribution is -0.136. The van der Waals surface area contributed by atoms with E-state index in [4.69, 9.17) is 5.11 Å². The van der Waals surface area contributed by atoms with Gasteiger partial charge in [-0.2, -0.15) is 0 Å². The summed E-state index contributed by atoms with van der Waals surface area (Å²) in [6.07, 6.45) is 5.87. The van der Waals surface area contributed by atoms with Crippen LogP contribution >= 0.6 is 0 Å². The fourth-order valence-electron chi connectivity index (χ4n) is 1.99. The van der Waals surface area contributed by atoms with Gasteiger partial charge in [0.15, 0.2) is 0 Å². The first-order valence-electron chi connectivity index (χ1n) is 5.70. The molecule has 0 bridgehead atoms. The second-order valence-electron chi connectivity index (χ2n) is 4.02. The van der Waals surface area contributed by atoms with Crippen molar-refractivity contribution in [1.82, 2.24) is 4.90 Å². The summed E-state index contributed by atoms with van der Waals surface area (Å²) in [4.78, 5) is 13.6. The van der Waals surface area contributed by atoms with E-state index in [0.29, 0.717) is 6.42 Å². The van der Waals surface area contributed by atoms with Gasteiger partial charge in [0.1, 0.15) is 0 Å². The minimum absolute atomic E-state index is 0.0908. The van der Waals surface area contributed by atoms with Gasteiger partial charge in [0.2, 0.25) is 5.91 Å². The highest BCUT2D eigenvalue weighted by atomic mass is 16.3. The van der Waals surface area contributed by atoms with E-state index in [2.05, 4.69) is 6.92 Å². The number of unbranched alkanes of at least 4 members (excludes halogenated alkanes) is 1. The molecular formula is C11H21NO2. The van der Waals surface area contributed by atoms with Crippen LogP contribution in [0.1, 0.15) is 45.4 Å². The largest absolute Gasteiger partial charge is 0.394 e. The number of hydrogen-bond acceptors (Lipinski definition) is 2. The van der Waals surface area contributed by atoms with E-state index in [1.54, 1.807) is 0 Å². The first-order valence-corrected chi connectivity index (χ1v) is 5.70. The molecule has 0 aromatic heterocycles. The van der Waals surface area contributed by atoms with Crippen molar-refractivity contribution in [2.24, 2.45) is 0 Å². The standard InChI is InChI=1S/C11H21NO2/c1-2-3-7-11(14)12-8-5-4-6-10(12)9-13/h10,13H,2-9H2,1H3. The lowest BCUT2D eigenvalue weighted by Gasteiger charge is -2.34. The average molecular weight is 199 g/mol. The van der Waals surface area contributed by atoms with Gasteiger partial charge in [0.25, 0.3) is 0 Å². The highest BCUT2D eigenvalue weighted by Crippen LogP contribution is 2.18. The molecule has 1 rings (SSSR count). The zero-order valence-electron chi connectivity index (χ0n) is 9.04. The van der Waals surface area contributed by atoms with Gasteiger partial charge in [-0.3, -0.25) is 4.79 Å². The third-order valence-electron chi connectivity index (χ3n) is 2.90. The Balaban J connectivity index is 2.41. The molecule has 1 saturated heterocycles. The Morgan fingerprint density at radius 3 is 2.93 bits per heavy atom. The van der Waals surface area contributed by atoms with Crippen LogP contribution in [-0.2, 0) is 4.79 Å². The van der Waals surface area contributed by atoms with Gasteiger partial charge >= 0.3 is 0 Å². The molecule has 0 radical (unpaired) electrons. The molecule has 1 aliphatic rings. The fraction of sp³-hybridized carbons (Fsp3) is 0.909. The van der Waals surface area contributed by atoms with Gasteiger partial charge in [-0.1, -0.05) is 13.3 Å². The van der Waals surface area contributed by atoms with Crippen LogP contribution in [0.25, 0.3) is 0 Å². The third-order valence-corrected chi connectivity index (χ3v) is 2.90. The van der Waals surface area contributed by atoms with E-state index < -0.39 is 0 Å². The van der Waals surface area contributed by atoms with Crippen molar-refractivity contribution in [3.63, 3.8) is 0 Å². The summed E-state index contributed by atoms with van der Waals surface area (Å²) in [5, 5.41) is 9.14. The second kappa shape index (κ2) is 6.02. The summed E-state index contributed by atoms with van der Waals surface area (Å²) < 4.78 is 0. The van der Waals surface area contributed by atoms with E-state index in [9.17, 15) is 4.79 Å². The molecule has 0 aliphatic carbocycles. The van der Waals surface area contributed by atoms with Crippen molar-refractivity contribution in [1.29, 1.82) is 0 Å². The van der Waals surface area contributed by atoms with Crippen LogP contribution in [0.2, 0.25) is 0 Å². The number of carbonyl (C=O) groups excluding carboxylic acids is 1. The second-order valence-corrected chi connectivity index (χ2v) is 4.02. The summed E-state index contributed by atoms with van der Waals surface area (Å²) >= 11 is 0. The summed E-state index contributed by atoms with van der Waals surface area (Å²) in [5.41, 5.74) is 0. The van der Waals surface area contributed by atoms with Crippen LogP contribution in [0, 0.1) is 0 Å². The van der Waals surface area contributed by atoms with Crippen molar-refractivity contribution in [3.05, 3.63) is 0 Å². The van der Waals surface area contributed by atoms with E-state index in [1.807, 2.05) is 4.90 Å². The molecule has 3 heteroatoms. The minimum atomic E-state index is 0.0908. The minimum Gasteiger partial charge on any atom is -0.394 e. The highest BCUT2D eigenvalue weighted by molar-refractivity contribution is 5.76. The zero-order valence-corrected chi connectivity index (χ0v) is 9.04. The van der Waals surface area contributed by atoms with Crippen molar-refractivity contribution in [2.45, 2.75) is 51.5 Å². The number of aliphatic hydroxyl groups excluding tert-OH is 1. The van der Waals surface area contributed by atoms with Crippen molar-refractivity contribution in [2.75, 3.05) is 13.2 Å². The van der Waals surface area contributed by atoms with Crippen LogP contribution in [0.3, 0.4) is 0 Å².